The summed E-state index contributed by atoms with van der Waals surface area (Å²) >= 11 is 0. The molecule has 8 N–H and O–H groups in total. The maximum atomic E-state index is 14.8. The maximum Gasteiger partial charge on any atom is 0.454 e. The van der Waals surface area contributed by atoms with Crippen LogP contribution in [0.2, 0.25) is 0 Å². The van der Waals surface area contributed by atoms with Crippen LogP contribution < -0.4 is 27.4 Å². The van der Waals surface area contributed by atoms with Crippen molar-refractivity contribution in [3.8, 4) is 12.1 Å². The van der Waals surface area contributed by atoms with E-state index in [4.69, 9.17) is 16.7 Å². The van der Waals surface area contributed by atoms with E-state index >= 15 is 0 Å². The number of ether oxygens (including phenoxy) is 1. The number of carboxylic acids is 1. The van der Waals surface area contributed by atoms with Crippen molar-refractivity contribution in [2.75, 3.05) is 7.11 Å². The van der Waals surface area contributed by atoms with E-state index in [0.717, 1.165) is 92.7 Å². The second kappa shape index (κ2) is 34.8. The zero-order chi connectivity index (χ0) is 72.8. The third kappa shape index (κ3) is 28.7. The minimum Gasteiger partial charge on any atom is -0.480 e. The van der Waals surface area contributed by atoms with E-state index in [1.807, 2.05) is 17.5 Å². The summed E-state index contributed by atoms with van der Waals surface area (Å²) in [7, 11) is 1.12. The van der Waals surface area contributed by atoms with Gasteiger partial charge in [-0.25, -0.2) is 39.5 Å². The standard InChI is InChI=1S/C23H21F6N3O.C19H17F6NO2.C12H15F2NO2.C8H4F4O.C4H6N2/c24-17-8-6-16(7-9-17)19(23(27,28)29)31-18(20(33)32-21(14-30)10-11-21)13-22(25,26)12-15-4-2-1-3-5-15;20-14-8-6-13(7-9-14)16(19(23,24)25)26-15(17(27)28)11-18(21,22)10-12-4-2-1-3-5-12;1-17-11(16)10(15)8-12(13,14)7-9-5-3-2-4-6-9;9-6-3-1-5(2-4-6)7(13)8(10,11)12;5-3-4(6)1-2-4/h1-9,18-19,31H,10-13H2,(H,32,33);1-9,15-16,26H,10-11H2,(H,27,28);2-6,10H,7-8,15H2,1H3;1-4H;1-2,6H2/t18-,19-;15-,16-;10-;;/m000../s1. The van der Waals surface area contributed by atoms with Gasteiger partial charge in [0.05, 0.1) is 25.3 Å². The Kier molecular flexibility index (Phi) is 28.8. The van der Waals surface area contributed by atoms with E-state index in [1.165, 1.54) is 36.4 Å². The number of carbonyl (C=O) groups excluding carboxylic acids is 3. The van der Waals surface area contributed by atoms with E-state index in [9.17, 15) is 109 Å². The molecule has 8 rings (SSSR count). The lowest BCUT2D eigenvalue weighted by molar-refractivity contribution is -0.166. The van der Waals surface area contributed by atoms with Crippen LogP contribution in [0.3, 0.4) is 0 Å². The highest BCUT2D eigenvalue weighted by Crippen LogP contribution is 2.39. The molecule has 0 aliphatic heterocycles. The van der Waals surface area contributed by atoms with Crippen LogP contribution in [-0.4, -0.2) is 101 Å². The quantitative estimate of drug-likeness (QED) is 0.0200. The Morgan fingerprint density at radius 3 is 1.14 bits per heavy atom. The molecule has 0 saturated heterocycles. The second-order valence-corrected chi connectivity index (χ2v) is 22.4. The third-order valence-corrected chi connectivity index (χ3v) is 14.1. The lowest BCUT2D eigenvalue weighted by Crippen LogP contribution is -2.53. The molecule has 97 heavy (non-hydrogen) atoms. The number of carboxylic acid groups (broad SMARTS) is 1. The zero-order valence-electron chi connectivity index (χ0n) is 50.9. The molecule has 2 fully saturated rings. The Morgan fingerprint density at radius 1 is 0.515 bits per heavy atom. The van der Waals surface area contributed by atoms with Crippen molar-refractivity contribution in [3.63, 3.8) is 0 Å². The van der Waals surface area contributed by atoms with E-state index < -0.39 is 174 Å². The van der Waals surface area contributed by atoms with Gasteiger partial charge in [-0.2, -0.15) is 50.0 Å². The van der Waals surface area contributed by atoms with E-state index in [1.54, 1.807) is 59.9 Å². The summed E-state index contributed by atoms with van der Waals surface area (Å²) in [5, 5.41) is 32.5. The predicted molar refractivity (Wildman–Crippen MR) is 315 cm³/mol. The summed E-state index contributed by atoms with van der Waals surface area (Å²) < 4.78 is 245. The maximum absolute atomic E-state index is 14.8. The highest BCUT2D eigenvalue weighted by molar-refractivity contribution is 6.00. The van der Waals surface area contributed by atoms with Gasteiger partial charge in [-0.05, 0) is 102 Å². The first-order chi connectivity index (χ1) is 45.0. The Morgan fingerprint density at radius 2 is 0.856 bits per heavy atom. The van der Waals surface area contributed by atoms with Crippen LogP contribution in [0.5, 0.6) is 0 Å². The number of nitrogens with zero attached hydrogens (tertiary/aromatic N) is 2. The summed E-state index contributed by atoms with van der Waals surface area (Å²) in [6.07, 6.45) is -17.8. The molecule has 0 heterocycles. The van der Waals surface area contributed by atoms with Crippen molar-refractivity contribution in [3.05, 3.63) is 215 Å². The number of esters is 1. The van der Waals surface area contributed by atoms with Crippen molar-refractivity contribution < 1.29 is 108 Å². The summed E-state index contributed by atoms with van der Waals surface area (Å²) in [5.41, 5.74) is 8.45. The number of aliphatic carboxylic acids is 1. The Balaban J connectivity index is 0.000000280. The van der Waals surface area contributed by atoms with Gasteiger partial charge in [0.15, 0.2) is 0 Å². The fraction of sp³-hybridized carbons (Fsp3) is 0.364. The van der Waals surface area contributed by atoms with Gasteiger partial charge in [0.1, 0.15) is 52.7 Å². The molecule has 6 aromatic rings. The highest BCUT2D eigenvalue weighted by Gasteiger charge is 2.50. The van der Waals surface area contributed by atoms with Crippen LogP contribution in [0.25, 0.3) is 0 Å². The molecule has 0 bridgehead atoms. The smallest absolute Gasteiger partial charge is 0.454 e. The number of amides is 1. The van der Waals surface area contributed by atoms with Gasteiger partial charge >= 0.3 is 30.5 Å². The summed E-state index contributed by atoms with van der Waals surface area (Å²) in [5.74, 6) is -18.1. The lowest BCUT2D eigenvalue weighted by Gasteiger charge is -2.30. The number of Topliss-reactive ketones (excluding diaryl/α,β-unsaturated/α-hetero) is 1. The number of rotatable bonds is 23. The largest absolute Gasteiger partial charge is 0.480 e. The second-order valence-electron chi connectivity index (χ2n) is 22.4. The molecule has 0 spiro atoms. The summed E-state index contributed by atoms with van der Waals surface area (Å²) in [4.78, 5) is 45.6. The molecular weight excluding hydrogens is 1330 g/mol. The minimum atomic E-state index is -4.97. The number of alkyl halides is 15. The van der Waals surface area contributed by atoms with Crippen molar-refractivity contribution in [1.29, 1.82) is 10.5 Å². The Hall–Kier alpha value is -9.04. The van der Waals surface area contributed by atoms with Crippen LogP contribution in [-0.2, 0) is 38.4 Å². The normalized spacial score (nSPS) is 15.4. The number of benzene rings is 6. The fourth-order valence-corrected chi connectivity index (χ4v) is 8.69. The van der Waals surface area contributed by atoms with Crippen LogP contribution >= 0.6 is 0 Å². The molecule has 6 aromatic carbocycles. The number of nitrogens with one attached hydrogen (secondary N) is 3. The van der Waals surface area contributed by atoms with Gasteiger partial charge in [-0.15, -0.1) is 0 Å². The molecule has 2 saturated carbocycles. The van der Waals surface area contributed by atoms with Crippen LogP contribution in [0.1, 0.15) is 95.2 Å². The van der Waals surface area contributed by atoms with Gasteiger partial charge in [0.2, 0.25) is 5.91 Å². The van der Waals surface area contributed by atoms with E-state index in [0.29, 0.717) is 5.56 Å². The molecule has 524 valence electrons. The molecule has 5 atom stereocenters. The van der Waals surface area contributed by atoms with E-state index in [2.05, 4.69) is 10.1 Å². The van der Waals surface area contributed by atoms with Gasteiger partial charge in [0.25, 0.3) is 23.6 Å². The van der Waals surface area contributed by atoms with Crippen molar-refractivity contribution in [2.45, 2.75) is 142 Å². The Bertz CT molecular complexity index is 3550. The molecule has 0 radical (unpaired) electrons. The first-order valence-corrected chi connectivity index (χ1v) is 28.8. The molecular formula is C66H63F18N7O6. The average molecular weight is 1390 g/mol. The third-order valence-electron chi connectivity index (χ3n) is 14.1. The molecule has 2 aliphatic rings. The number of hydrogen-bond acceptors (Lipinski definition) is 11. The van der Waals surface area contributed by atoms with Crippen LogP contribution in [0, 0.1) is 40.1 Å². The van der Waals surface area contributed by atoms with Crippen LogP contribution in [0.4, 0.5) is 79.0 Å². The molecule has 1 amide bonds. The van der Waals surface area contributed by atoms with Crippen molar-refractivity contribution >= 4 is 23.6 Å². The molecule has 13 nitrogen and oxygen atoms in total. The fourth-order valence-electron chi connectivity index (χ4n) is 8.69. The predicted octanol–water partition coefficient (Wildman–Crippen LogP) is 13.9. The average Bonchev–Trinajstić information content (AvgIpc) is 1.75. The number of nitriles is 2. The number of nitrogens with two attached hydrogens (primary N) is 2. The Labute approximate surface area is 543 Å². The number of carbonyl (C=O) groups is 4. The first kappa shape index (κ1) is 80.4. The van der Waals surface area contributed by atoms with Crippen molar-refractivity contribution in [2.24, 2.45) is 11.5 Å². The molecule has 31 heteroatoms. The van der Waals surface area contributed by atoms with Crippen LogP contribution in [0.15, 0.2) is 164 Å². The monoisotopic (exact) mass is 1390 g/mol. The molecule has 2 aliphatic carbocycles. The molecule has 0 aromatic heterocycles. The number of hydrogen-bond donors (Lipinski definition) is 6. The van der Waals surface area contributed by atoms with Gasteiger partial charge in [-0.1, -0.05) is 115 Å². The zero-order valence-corrected chi connectivity index (χ0v) is 50.9. The summed E-state index contributed by atoms with van der Waals surface area (Å²) in [6, 6.07) is 26.6. The van der Waals surface area contributed by atoms with Gasteiger partial charge in [-0.3, -0.25) is 29.8 Å². The van der Waals surface area contributed by atoms with Crippen molar-refractivity contribution in [1.82, 2.24) is 16.0 Å². The first-order valence-electron chi connectivity index (χ1n) is 28.8. The number of methoxy groups -OCH3 is 1. The van der Waals surface area contributed by atoms with Gasteiger partial charge in [0, 0.05) is 44.1 Å². The lowest BCUT2D eigenvalue weighted by atomic mass is 9.98. The minimum absolute atomic E-state index is 0.225. The molecule has 0 unspecified atom stereocenters. The number of halogens is 18. The van der Waals surface area contributed by atoms with E-state index in [-0.39, 0.29) is 24.0 Å². The summed E-state index contributed by atoms with van der Waals surface area (Å²) in [6.45, 7) is 0. The highest BCUT2D eigenvalue weighted by atomic mass is 19.4. The van der Waals surface area contributed by atoms with Gasteiger partial charge < -0.3 is 26.6 Å². The topological polar surface area (TPSA) is 233 Å². The SMILES string of the molecule is COC(=O)[C@@H](N)CC(F)(F)Cc1ccccc1.N#CC1(N)CC1.N#CC1(NC(=O)[C@H](CC(F)(F)Cc2ccccc2)N[C@@H](c2ccc(F)cc2)C(F)(F)F)CC1.O=C(O)[C@H](CC(F)(F)Cc1ccccc1)N[C@@H](c1ccc(F)cc1)C(F)(F)F.O=C(c1ccc(F)cc1)C(F)(F)F. The number of ketones is 1.